The van der Waals surface area contributed by atoms with Crippen molar-refractivity contribution in [1.82, 2.24) is 9.97 Å². The van der Waals surface area contributed by atoms with E-state index >= 15 is 0 Å². The van der Waals surface area contributed by atoms with Crippen molar-refractivity contribution >= 4 is 11.6 Å². The summed E-state index contributed by atoms with van der Waals surface area (Å²) in [6.45, 7) is 6.97. The Hall–Kier alpha value is -2.10. The summed E-state index contributed by atoms with van der Waals surface area (Å²) in [4.78, 5) is 8.79. The highest BCUT2D eigenvalue weighted by Crippen LogP contribution is 2.12. The first-order chi connectivity index (χ1) is 9.63. The summed E-state index contributed by atoms with van der Waals surface area (Å²) in [5, 5.41) is 6.66. The zero-order valence-electron chi connectivity index (χ0n) is 12.4. The van der Waals surface area contributed by atoms with Crippen molar-refractivity contribution in [2.75, 3.05) is 17.2 Å². The van der Waals surface area contributed by atoms with Gasteiger partial charge in [-0.2, -0.15) is 0 Å². The first-order valence-corrected chi connectivity index (χ1v) is 7.03. The number of aromatic nitrogens is 2. The number of benzene rings is 1. The molecule has 0 aliphatic rings. The van der Waals surface area contributed by atoms with Crippen LogP contribution in [0.25, 0.3) is 0 Å². The quantitative estimate of drug-likeness (QED) is 0.846. The number of hydrogen-bond donors (Lipinski definition) is 2. The molecule has 0 aliphatic carbocycles. The van der Waals surface area contributed by atoms with E-state index in [1.807, 2.05) is 19.1 Å². The van der Waals surface area contributed by atoms with E-state index in [0.29, 0.717) is 6.04 Å². The van der Waals surface area contributed by atoms with Gasteiger partial charge in [0.15, 0.2) is 0 Å². The first kappa shape index (κ1) is 14.3. The standard InChI is InChI=1S/C16H22N4/c1-12(2)18-16-11-15(19-13(3)20-16)17-10-9-14-7-5-4-6-8-14/h4-8,11-12H,9-10H2,1-3H3,(H2,17,18,19,20). The Kier molecular flexibility index (Phi) is 4.93. The molecule has 4 nitrogen and oxygen atoms in total. The van der Waals surface area contributed by atoms with E-state index in [-0.39, 0.29) is 0 Å². The van der Waals surface area contributed by atoms with E-state index < -0.39 is 0 Å². The van der Waals surface area contributed by atoms with Gasteiger partial charge in [0.2, 0.25) is 0 Å². The van der Waals surface area contributed by atoms with Crippen molar-refractivity contribution in [3.8, 4) is 0 Å². The predicted molar refractivity (Wildman–Crippen MR) is 84.2 cm³/mol. The Morgan fingerprint density at radius 2 is 1.75 bits per heavy atom. The van der Waals surface area contributed by atoms with Gasteiger partial charge in [-0.05, 0) is 32.8 Å². The highest BCUT2D eigenvalue weighted by molar-refractivity contribution is 5.47. The summed E-state index contributed by atoms with van der Waals surface area (Å²) in [5.41, 5.74) is 1.33. The predicted octanol–water partition coefficient (Wildman–Crippen LogP) is 3.26. The van der Waals surface area contributed by atoms with Crippen LogP contribution < -0.4 is 10.6 Å². The summed E-state index contributed by atoms with van der Waals surface area (Å²) in [7, 11) is 0. The number of anilines is 2. The van der Waals surface area contributed by atoms with Crippen LogP contribution in [0.3, 0.4) is 0 Å². The molecule has 2 rings (SSSR count). The minimum atomic E-state index is 0.362. The Bertz CT molecular complexity index is 537. The fraction of sp³-hybridized carbons (Fsp3) is 0.375. The van der Waals surface area contributed by atoms with Crippen molar-refractivity contribution in [3.63, 3.8) is 0 Å². The topological polar surface area (TPSA) is 49.8 Å². The third kappa shape index (κ3) is 4.53. The Morgan fingerprint density at radius 1 is 1.05 bits per heavy atom. The van der Waals surface area contributed by atoms with Gasteiger partial charge in [0.25, 0.3) is 0 Å². The molecule has 4 heteroatoms. The average Bonchev–Trinajstić information content (AvgIpc) is 2.38. The summed E-state index contributed by atoms with van der Waals surface area (Å²) in [6, 6.07) is 12.8. The van der Waals surface area contributed by atoms with E-state index in [2.05, 4.69) is 58.7 Å². The lowest BCUT2D eigenvalue weighted by Crippen LogP contribution is -2.13. The van der Waals surface area contributed by atoms with E-state index in [1.165, 1.54) is 5.56 Å². The number of nitrogens with zero attached hydrogens (tertiary/aromatic N) is 2. The van der Waals surface area contributed by atoms with Crippen LogP contribution >= 0.6 is 0 Å². The molecule has 0 saturated heterocycles. The van der Waals surface area contributed by atoms with Crippen molar-refractivity contribution in [1.29, 1.82) is 0 Å². The van der Waals surface area contributed by atoms with Crippen LogP contribution in [-0.2, 0) is 6.42 Å². The Morgan fingerprint density at radius 3 is 2.45 bits per heavy atom. The van der Waals surface area contributed by atoms with Gasteiger partial charge in [0.1, 0.15) is 17.5 Å². The van der Waals surface area contributed by atoms with Gasteiger partial charge in [-0.15, -0.1) is 0 Å². The lowest BCUT2D eigenvalue weighted by atomic mass is 10.1. The van der Waals surface area contributed by atoms with Crippen LogP contribution in [0.15, 0.2) is 36.4 Å². The third-order valence-electron chi connectivity index (χ3n) is 2.84. The van der Waals surface area contributed by atoms with Crippen LogP contribution in [-0.4, -0.2) is 22.6 Å². The fourth-order valence-electron chi connectivity index (χ4n) is 2.01. The van der Waals surface area contributed by atoms with Gasteiger partial charge >= 0.3 is 0 Å². The Labute approximate surface area is 120 Å². The van der Waals surface area contributed by atoms with Crippen LogP contribution in [0.1, 0.15) is 25.2 Å². The minimum absolute atomic E-state index is 0.362. The zero-order chi connectivity index (χ0) is 14.4. The summed E-state index contributed by atoms with van der Waals surface area (Å²) < 4.78 is 0. The van der Waals surface area contributed by atoms with Crippen LogP contribution in [0.4, 0.5) is 11.6 Å². The number of nitrogens with one attached hydrogen (secondary N) is 2. The van der Waals surface area contributed by atoms with E-state index in [0.717, 1.165) is 30.4 Å². The number of rotatable bonds is 6. The van der Waals surface area contributed by atoms with Gasteiger partial charge < -0.3 is 10.6 Å². The molecule has 0 unspecified atom stereocenters. The molecule has 0 amide bonds. The lowest BCUT2D eigenvalue weighted by molar-refractivity contribution is 0.879. The van der Waals surface area contributed by atoms with Gasteiger partial charge in [-0.25, -0.2) is 9.97 Å². The van der Waals surface area contributed by atoms with Crippen molar-refractivity contribution in [2.45, 2.75) is 33.2 Å². The second-order valence-electron chi connectivity index (χ2n) is 5.15. The number of hydrogen-bond acceptors (Lipinski definition) is 4. The summed E-state index contributed by atoms with van der Waals surface area (Å²) in [6.07, 6.45) is 0.983. The molecular formula is C16H22N4. The van der Waals surface area contributed by atoms with Crippen LogP contribution in [0.5, 0.6) is 0 Å². The summed E-state index contributed by atoms with van der Waals surface area (Å²) >= 11 is 0. The second kappa shape index (κ2) is 6.89. The van der Waals surface area contributed by atoms with Gasteiger partial charge in [0, 0.05) is 18.7 Å². The zero-order valence-corrected chi connectivity index (χ0v) is 12.4. The minimum Gasteiger partial charge on any atom is -0.370 e. The average molecular weight is 270 g/mol. The van der Waals surface area contributed by atoms with Gasteiger partial charge in [0.05, 0.1) is 0 Å². The molecule has 0 spiro atoms. The smallest absolute Gasteiger partial charge is 0.131 e. The van der Waals surface area contributed by atoms with Crippen molar-refractivity contribution in [3.05, 3.63) is 47.8 Å². The molecule has 0 aliphatic heterocycles. The van der Waals surface area contributed by atoms with Crippen molar-refractivity contribution < 1.29 is 0 Å². The molecule has 106 valence electrons. The SMILES string of the molecule is Cc1nc(NCCc2ccccc2)cc(NC(C)C)n1. The van der Waals surface area contributed by atoms with E-state index in [1.54, 1.807) is 0 Å². The van der Waals surface area contributed by atoms with E-state index in [4.69, 9.17) is 0 Å². The molecule has 0 radical (unpaired) electrons. The molecular weight excluding hydrogens is 248 g/mol. The molecule has 0 saturated carbocycles. The maximum atomic E-state index is 4.41. The molecule has 1 heterocycles. The van der Waals surface area contributed by atoms with Crippen molar-refractivity contribution in [2.24, 2.45) is 0 Å². The van der Waals surface area contributed by atoms with Gasteiger partial charge in [-0.1, -0.05) is 30.3 Å². The highest BCUT2D eigenvalue weighted by atomic mass is 15.1. The third-order valence-corrected chi connectivity index (χ3v) is 2.84. The molecule has 1 aromatic heterocycles. The molecule has 1 aromatic carbocycles. The molecule has 0 fully saturated rings. The Balaban J connectivity index is 1.93. The maximum absolute atomic E-state index is 4.41. The summed E-state index contributed by atoms with van der Waals surface area (Å²) in [5.74, 6) is 2.52. The van der Waals surface area contributed by atoms with Crippen LogP contribution in [0, 0.1) is 6.92 Å². The molecule has 2 N–H and O–H groups in total. The number of aryl methyl sites for hydroxylation is 1. The maximum Gasteiger partial charge on any atom is 0.131 e. The fourth-order valence-corrected chi connectivity index (χ4v) is 2.01. The monoisotopic (exact) mass is 270 g/mol. The molecule has 20 heavy (non-hydrogen) atoms. The lowest BCUT2D eigenvalue weighted by Gasteiger charge is -2.12. The largest absolute Gasteiger partial charge is 0.370 e. The normalized spacial score (nSPS) is 10.6. The highest BCUT2D eigenvalue weighted by Gasteiger charge is 2.03. The second-order valence-corrected chi connectivity index (χ2v) is 5.15. The van der Waals surface area contributed by atoms with Gasteiger partial charge in [-0.3, -0.25) is 0 Å². The first-order valence-electron chi connectivity index (χ1n) is 7.03. The van der Waals surface area contributed by atoms with Crippen LogP contribution in [0.2, 0.25) is 0 Å². The molecule has 0 bridgehead atoms. The molecule has 0 atom stereocenters. The molecule has 2 aromatic rings. The van der Waals surface area contributed by atoms with E-state index in [9.17, 15) is 0 Å².